The molecule has 0 unspecified atom stereocenters. The summed E-state index contributed by atoms with van der Waals surface area (Å²) in [6.07, 6.45) is 0. The normalized spacial score (nSPS) is 13.8. The zero-order valence-corrected chi connectivity index (χ0v) is 9.67. The van der Waals surface area contributed by atoms with Gasteiger partial charge in [0, 0.05) is 5.56 Å². The summed E-state index contributed by atoms with van der Waals surface area (Å²) in [4.78, 5) is 34.8. The van der Waals surface area contributed by atoms with Crippen molar-refractivity contribution in [2.75, 3.05) is 18.1 Å². The van der Waals surface area contributed by atoms with Gasteiger partial charge in [-0.3, -0.25) is 19.3 Å². The van der Waals surface area contributed by atoms with Gasteiger partial charge in [0.15, 0.2) is 12.4 Å². The Morgan fingerprint density at radius 2 is 2.17 bits per heavy atom. The maximum atomic E-state index is 11.6. The van der Waals surface area contributed by atoms with Crippen LogP contribution < -0.4 is 9.64 Å². The summed E-state index contributed by atoms with van der Waals surface area (Å²) in [5, 5.41) is 8.79. The molecule has 1 N–H and O–H groups in total. The van der Waals surface area contributed by atoms with Gasteiger partial charge in [0.1, 0.15) is 12.3 Å². The topological polar surface area (TPSA) is 83.9 Å². The number of ketones is 1. The molecule has 0 aliphatic carbocycles. The van der Waals surface area contributed by atoms with Gasteiger partial charge in [-0.05, 0) is 25.1 Å². The second-order valence-corrected chi connectivity index (χ2v) is 3.90. The monoisotopic (exact) mass is 249 g/mol. The molecule has 94 valence electrons. The molecule has 2 rings (SSSR count). The molecule has 1 heterocycles. The molecule has 0 aromatic heterocycles. The highest BCUT2D eigenvalue weighted by molar-refractivity contribution is 6.03. The Kier molecular flexibility index (Phi) is 3.01. The van der Waals surface area contributed by atoms with E-state index in [-0.39, 0.29) is 12.4 Å². The molecule has 0 fully saturated rings. The second-order valence-electron chi connectivity index (χ2n) is 3.90. The summed E-state index contributed by atoms with van der Waals surface area (Å²) in [5.74, 6) is -1.32. The smallest absolute Gasteiger partial charge is 0.323 e. The van der Waals surface area contributed by atoms with Crippen LogP contribution in [0.25, 0.3) is 0 Å². The van der Waals surface area contributed by atoms with Gasteiger partial charge in [-0.25, -0.2) is 0 Å². The molecule has 18 heavy (non-hydrogen) atoms. The molecule has 6 heteroatoms. The average Bonchev–Trinajstić information content (AvgIpc) is 2.31. The number of fused-ring (bicyclic) bond motifs is 1. The highest BCUT2D eigenvalue weighted by atomic mass is 16.5. The van der Waals surface area contributed by atoms with Crippen LogP contribution in [0.15, 0.2) is 18.2 Å². The van der Waals surface area contributed by atoms with E-state index < -0.39 is 18.4 Å². The largest absolute Gasteiger partial charge is 0.482 e. The number of amides is 1. The average molecular weight is 249 g/mol. The lowest BCUT2D eigenvalue weighted by Gasteiger charge is -2.28. The van der Waals surface area contributed by atoms with Crippen LogP contribution in [0, 0.1) is 0 Å². The number of hydrogen-bond acceptors (Lipinski definition) is 4. The van der Waals surface area contributed by atoms with Crippen molar-refractivity contribution in [1.82, 2.24) is 0 Å². The number of benzene rings is 1. The Balaban J connectivity index is 2.46. The third-order valence-electron chi connectivity index (χ3n) is 2.60. The molecule has 1 aromatic rings. The molecule has 1 aliphatic heterocycles. The summed E-state index contributed by atoms with van der Waals surface area (Å²) in [6.45, 7) is 0.755. The minimum absolute atomic E-state index is 0.161. The number of aliphatic carboxylic acids is 1. The van der Waals surface area contributed by atoms with Crippen LogP contribution in [-0.4, -0.2) is 35.9 Å². The Morgan fingerprint density at radius 1 is 1.44 bits per heavy atom. The van der Waals surface area contributed by atoms with Gasteiger partial charge >= 0.3 is 5.97 Å². The molecule has 0 bridgehead atoms. The van der Waals surface area contributed by atoms with E-state index in [4.69, 9.17) is 9.84 Å². The fourth-order valence-electron chi connectivity index (χ4n) is 1.73. The van der Waals surface area contributed by atoms with Crippen LogP contribution in [0.5, 0.6) is 5.75 Å². The maximum absolute atomic E-state index is 11.6. The SMILES string of the molecule is CC(=O)c1ccc2c(c1)N(CC(=O)O)C(=O)CO2. The number of carboxylic acid groups (broad SMARTS) is 1. The Bertz CT molecular complexity index is 537. The van der Waals surface area contributed by atoms with Gasteiger partial charge < -0.3 is 9.84 Å². The van der Waals surface area contributed by atoms with Crippen LogP contribution in [0.2, 0.25) is 0 Å². The number of rotatable bonds is 3. The highest BCUT2D eigenvalue weighted by Gasteiger charge is 2.27. The fourth-order valence-corrected chi connectivity index (χ4v) is 1.73. The van der Waals surface area contributed by atoms with Crippen LogP contribution in [0.1, 0.15) is 17.3 Å². The van der Waals surface area contributed by atoms with Crippen molar-refractivity contribution in [1.29, 1.82) is 0 Å². The van der Waals surface area contributed by atoms with E-state index in [0.29, 0.717) is 17.0 Å². The van der Waals surface area contributed by atoms with Gasteiger partial charge in [0.2, 0.25) is 0 Å². The van der Waals surface area contributed by atoms with Crippen molar-refractivity contribution in [3.8, 4) is 5.75 Å². The van der Waals surface area contributed by atoms with Crippen molar-refractivity contribution < 1.29 is 24.2 Å². The minimum atomic E-state index is -1.12. The number of hydrogen-bond donors (Lipinski definition) is 1. The van der Waals surface area contributed by atoms with Crippen LogP contribution in [0.3, 0.4) is 0 Å². The quantitative estimate of drug-likeness (QED) is 0.797. The lowest BCUT2D eigenvalue weighted by Crippen LogP contribution is -2.42. The van der Waals surface area contributed by atoms with E-state index in [2.05, 4.69) is 0 Å². The summed E-state index contributed by atoms with van der Waals surface area (Å²) >= 11 is 0. The summed E-state index contributed by atoms with van der Waals surface area (Å²) in [5.41, 5.74) is 0.726. The third-order valence-corrected chi connectivity index (χ3v) is 2.60. The first-order valence-corrected chi connectivity index (χ1v) is 5.29. The van der Waals surface area contributed by atoms with E-state index in [1.165, 1.54) is 13.0 Å². The van der Waals surface area contributed by atoms with E-state index in [0.717, 1.165) is 4.90 Å². The number of nitrogens with zero attached hydrogens (tertiary/aromatic N) is 1. The molecular formula is C12H11NO5. The molecule has 1 aromatic carbocycles. The molecule has 0 saturated heterocycles. The number of anilines is 1. The number of Topliss-reactive ketones (excluding diaryl/α,β-unsaturated/α-hetero) is 1. The van der Waals surface area contributed by atoms with E-state index in [1.54, 1.807) is 12.1 Å². The lowest BCUT2D eigenvalue weighted by atomic mass is 10.1. The van der Waals surface area contributed by atoms with Crippen LogP contribution in [-0.2, 0) is 9.59 Å². The number of carboxylic acids is 1. The third kappa shape index (κ3) is 2.17. The van der Waals surface area contributed by atoms with E-state index in [9.17, 15) is 14.4 Å². The minimum Gasteiger partial charge on any atom is -0.482 e. The Labute approximate surface area is 103 Å². The summed E-state index contributed by atoms with van der Waals surface area (Å²) in [7, 11) is 0. The molecule has 6 nitrogen and oxygen atoms in total. The number of carbonyl (C=O) groups is 3. The molecule has 0 radical (unpaired) electrons. The lowest BCUT2D eigenvalue weighted by molar-refractivity contribution is -0.137. The van der Waals surface area contributed by atoms with E-state index >= 15 is 0 Å². The predicted molar refractivity (Wildman–Crippen MR) is 61.9 cm³/mol. The predicted octanol–water partition coefficient (Wildman–Crippen LogP) is 0.699. The Morgan fingerprint density at radius 3 is 2.78 bits per heavy atom. The van der Waals surface area contributed by atoms with Crippen molar-refractivity contribution in [2.24, 2.45) is 0 Å². The van der Waals surface area contributed by atoms with Gasteiger partial charge in [-0.1, -0.05) is 0 Å². The first-order valence-electron chi connectivity index (χ1n) is 5.29. The first kappa shape index (κ1) is 12.1. The first-order chi connectivity index (χ1) is 8.49. The molecule has 0 atom stereocenters. The summed E-state index contributed by atoms with van der Waals surface area (Å²) < 4.78 is 5.19. The molecule has 0 saturated carbocycles. The maximum Gasteiger partial charge on any atom is 0.323 e. The van der Waals surface area contributed by atoms with Gasteiger partial charge in [-0.15, -0.1) is 0 Å². The van der Waals surface area contributed by atoms with Crippen molar-refractivity contribution >= 4 is 23.3 Å². The zero-order valence-electron chi connectivity index (χ0n) is 9.67. The fraction of sp³-hybridized carbons (Fsp3) is 0.250. The van der Waals surface area contributed by atoms with E-state index in [1.807, 2.05) is 0 Å². The second kappa shape index (κ2) is 4.48. The van der Waals surface area contributed by atoms with Crippen LogP contribution >= 0.6 is 0 Å². The van der Waals surface area contributed by atoms with Gasteiger partial charge in [0.05, 0.1) is 5.69 Å². The van der Waals surface area contributed by atoms with Gasteiger partial charge in [-0.2, -0.15) is 0 Å². The van der Waals surface area contributed by atoms with Crippen molar-refractivity contribution in [2.45, 2.75) is 6.92 Å². The zero-order chi connectivity index (χ0) is 13.3. The number of carbonyl (C=O) groups excluding carboxylic acids is 2. The molecule has 1 amide bonds. The molecule has 0 spiro atoms. The standard InChI is InChI=1S/C12H11NO5/c1-7(14)8-2-3-10-9(4-8)13(5-12(16)17)11(15)6-18-10/h2-4H,5-6H2,1H3,(H,16,17). The highest BCUT2D eigenvalue weighted by Crippen LogP contribution is 2.32. The molecule has 1 aliphatic rings. The van der Waals surface area contributed by atoms with Crippen molar-refractivity contribution in [3.05, 3.63) is 23.8 Å². The van der Waals surface area contributed by atoms with Gasteiger partial charge in [0.25, 0.3) is 5.91 Å². The van der Waals surface area contributed by atoms with Crippen LogP contribution in [0.4, 0.5) is 5.69 Å². The van der Waals surface area contributed by atoms with Crippen molar-refractivity contribution in [3.63, 3.8) is 0 Å². The summed E-state index contributed by atoms with van der Waals surface area (Å²) in [6, 6.07) is 4.61. The number of ether oxygens (including phenoxy) is 1. The molecular weight excluding hydrogens is 238 g/mol. The Hall–Kier alpha value is -2.37.